The Labute approximate surface area is 140 Å². The van der Waals surface area contributed by atoms with Crippen molar-refractivity contribution in [1.29, 1.82) is 0 Å². The standard InChI is InChI=1S/C19H19NO4/c1-13-16(18(21)24-17(13)15-10-6-3-7-11-15)20-19(22)23-12-14-8-4-2-5-9-14/h2-11,13,16-17H,12H2,1H3,(H,20,22)/t13-,16+,17-/m1/s1. The molecule has 1 amide bonds. The van der Waals surface area contributed by atoms with Crippen LogP contribution in [0.25, 0.3) is 0 Å². The van der Waals surface area contributed by atoms with E-state index in [2.05, 4.69) is 5.32 Å². The second-order valence-electron chi connectivity index (χ2n) is 5.81. The molecule has 1 heterocycles. The van der Waals surface area contributed by atoms with E-state index in [-0.39, 0.29) is 18.6 Å². The van der Waals surface area contributed by atoms with Gasteiger partial charge in [0, 0.05) is 5.92 Å². The average Bonchev–Trinajstić information content (AvgIpc) is 2.90. The summed E-state index contributed by atoms with van der Waals surface area (Å²) >= 11 is 0. The first-order valence-corrected chi connectivity index (χ1v) is 7.88. The van der Waals surface area contributed by atoms with E-state index >= 15 is 0 Å². The van der Waals surface area contributed by atoms with E-state index in [4.69, 9.17) is 9.47 Å². The Morgan fingerprint density at radius 1 is 1.08 bits per heavy atom. The minimum Gasteiger partial charge on any atom is -0.456 e. The number of hydrogen-bond donors (Lipinski definition) is 1. The van der Waals surface area contributed by atoms with Crippen LogP contribution < -0.4 is 5.32 Å². The molecule has 0 bridgehead atoms. The van der Waals surface area contributed by atoms with Crippen molar-refractivity contribution in [2.24, 2.45) is 5.92 Å². The zero-order valence-electron chi connectivity index (χ0n) is 13.3. The van der Waals surface area contributed by atoms with Crippen LogP contribution in [0.3, 0.4) is 0 Å². The predicted molar refractivity (Wildman–Crippen MR) is 88.0 cm³/mol. The quantitative estimate of drug-likeness (QED) is 0.877. The molecular formula is C19H19NO4. The van der Waals surface area contributed by atoms with E-state index in [0.29, 0.717) is 0 Å². The third-order valence-corrected chi connectivity index (χ3v) is 4.11. The maximum Gasteiger partial charge on any atom is 0.408 e. The smallest absolute Gasteiger partial charge is 0.408 e. The van der Waals surface area contributed by atoms with Gasteiger partial charge in [-0.2, -0.15) is 0 Å². The van der Waals surface area contributed by atoms with E-state index in [0.717, 1.165) is 11.1 Å². The lowest BCUT2D eigenvalue weighted by Crippen LogP contribution is -2.41. The lowest BCUT2D eigenvalue weighted by atomic mass is 9.94. The van der Waals surface area contributed by atoms with Crippen LogP contribution in [-0.4, -0.2) is 18.1 Å². The summed E-state index contributed by atoms with van der Waals surface area (Å²) in [5.41, 5.74) is 1.80. The monoisotopic (exact) mass is 325 g/mol. The van der Waals surface area contributed by atoms with E-state index in [1.54, 1.807) is 0 Å². The van der Waals surface area contributed by atoms with E-state index < -0.39 is 18.1 Å². The molecule has 0 unspecified atom stereocenters. The number of hydrogen-bond acceptors (Lipinski definition) is 4. The van der Waals surface area contributed by atoms with E-state index in [1.165, 1.54) is 0 Å². The van der Waals surface area contributed by atoms with Crippen LogP contribution in [0, 0.1) is 5.92 Å². The summed E-state index contributed by atoms with van der Waals surface area (Å²) in [6.45, 7) is 2.04. The number of ether oxygens (including phenoxy) is 2. The zero-order valence-corrected chi connectivity index (χ0v) is 13.3. The highest BCUT2D eigenvalue weighted by Gasteiger charge is 2.43. The molecule has 0 aromatic heterocycles. The van der Waals surface area contributed by atoms with E-state index in [9.17, 15) is 9.59 Å². The number of amides is 1. The van der Waals surface area contributed by atoms with Gasteiger partial charge >= 0.3 is 12.1 Å². The number of alkyl carbamates (subject to hydrolysis) is 1. The van der Waals surface area contributed by atoms with Gasteiger partial charge in [0.05, 0.1) is 0 Å². The van der Waals surface area contributed by atoms with Gasteiger partial charge in [-0.05, 0) is 11.1 Å². The maximum absolute atomic E-state index is 12.1. The molecule has 124 valence electrons. The van der Waals surface area contributed by atoms with Crippen molar-refractivity contribution in [3.63, 3.8) is 0 Å². The number of esters is 1. The Bertz CT molecular complexity index is 702. The summed E-state index contributed by atoms with van der Waals surface area (Å²) in [5, 5.41) is 2.61. The van der Waals surface area contributed by atoms with Crippen molar-refractivity contribution in [2.75, 3.05) is 0 Å². The number of cyclic esters (lactones) is 1. The molecular weight excluding hydrogens is 306 g/mol. The summed E-state index contributed by atoms with van der Waals surface area (Å²) in [6, 6.07) is 18.2. The zero-order chi connectivity index (χ0) is 16.9. The lowest BCUT2D eigenvalue weighted by molar-refractivity contribution is -0.143. The first-order valence-electron chi connectivity index (χ1n) is 7.88. The molecule has 2 aromatic rings. The van der Waals surface area contributed by atoms with Crippen LogP contribution in [0.1, 0.15) is 24.2 Å². The highest BCUT2D eigenvalue weighted by atomic mass is 16.6. The van der Waals surface area contributed by atoms with Crippen LogP contribution in [0.5, 0.6) is 0 Å². The lowest BCUT2D eigenvalue weighted by Gasteiger charge is -2.17. The number of carbonyl (C=O) groups is 2. The average molecular weight is 325 g/mol. The minimum absolute atomic E-state index is 0.158. The van der Waals surface area contributed by atoms with Crippen LogP contribution >= 0.6 is 0 Å². The highest BCUT2D eigenvalue weighted by molar-refractivity contribution is 5.83. The summed E-state index contributed by atoms with van der Waals surface area (Å²) in [6.07, 6.45) is -0.987. The van der Waals surface area contributed by atoms with Crippen molar-refractivity contribution in [1.82, 2.24) is 5.32 Å². The summed E-state index contributed by atoms with van der Waals surface area (Å²) in [4.78, 5) is 24.1. The van der Waals surface area contributed by atoms with Gasteiger partial charge in [0.1, 0.15) is 18.8 Å². The van der Waals surface area contributed by atoms with E-state index in [1.807, 2.05) is 67.6 Å². The molecule has 3 atom stereocenters. The van der Waals surface area contributed by atoms with Crippen LogP contribution in [0.15, 0.2) is 60.7 Å². The van der Waals surface area contributed by atoms with Crippen LogP contribution in [-0.2, 0) is 20.9 Å². The Morgan fingerprint density at radius 3 is 2.38 bits per heavy atom. The van der Waals surface area contributed by atoms with Gasteiger partial charge in [-0.15, -0.1) is 0 Å². The van der Waals surface area contributed by atoms with Crippen molar-refractivity contribution in [3.05, 3.63) is 71.8 Å². The number of benzene rings is 2. The molecule has 5 nitrogen and oxygen atoms in total. The summed E-state index contributed by atoms with van der Waals surface area (Å²) in [5.74, 6) is -0.614. The van der Waals surface area contributed by atoms with Gasteiger partial charge in [-0.3, -0.25) is 0 Å². The number of nitrogens with one attached hydrogen (secondary N) is 1. The molecule has 2 aromatic carbocycles. The molecule has 1 aliphatic rings. The van der Waals surface area contributed by atoms with Crippen molar-refractivity contribution in [3.8, 4) is 0 Å². The highest BCUT2D eigenvalue weighted by Crippen LogP contribution is 2.35. The topological polar surface area (TPSA) is 64.6 Å². The van der Waals surface area contributed by atoms with Gasteiger partial charge in [0.15, 0.2) is 0 Å². The Hall–Kier alpha value is -2.82. The molecule has 1 aliphatic heterocycles. The van der Waals surface area contributed by atoms with Crippen molar-refractivity contribution in [2.45, 2.75) is 25.7 Å². The van der Waals surface area contributed by atoms with Gasteiger partial charge < -0.3 is 14.8 Å². The number of rotatable bonds is 4. The fraction of sp³-hybridized carbons (Fsp3) is 0.263. The molecule has 0 spiro atoms. The predicted octanol–water partition coefficient (Wildman–Crippen LogP) is 3.22. The fourth-order valence-corrected chi connectivity index (χ4v) is 2.79. The molecule has 1 N–H and O–H groups in total. The fourth-order valence-electron chi connectivity index (χ4n) is 2.79. The Balaban J connectivity index is 1.58. The Morgan fingerprint density at radius 2 is 1.71 bits per heavy atom. The first kappa shape index (κ1) is 16.1. The normalized spacial score (nSPS) is 22.7. The van der Waals surface area contributed by atoms with Crippen molar-refractivity contribution >= 4 is 12.1 Å². The van der Waals surface area contributed by atoms with Gasteiger partial charge in [-0.25, -0.2) is 9.59 Å². The summed E-state index contributed by atoms with van der Waals surface area (Å²) < 4.78 is 10.6. The molecule has 0 saturated carbocycles. The molecule has 1 fully saturated rings. The molecule has 5 heteroatoms. The largest absolute Gasteiger partial charge is 0.456 e. The Kier molecular flexibility index (Phi) is 4.79. The molecule has 0 radical (unpaired) electrons. The van der Waals surface area contributed by atoms with Crippen LogP contribution in [0.2, 0.25) is 0 Å². The van der Waals surface area contributed by atoms with Crippen LogP contribution in [0.4, 0.5) is 4.79 Å². The maximum atomic E-state index is 12.1. The second-order valence-corrected chi connectivity index (χ2v) is 5.81. The SMILES string of the molecule is C[C@@H]1[C@H](NC(=O)OCc2ccccc2)C(=O)O[C@H]1c1ccccc1. The molecule has 3 rings (SSSR count). The number of carbonyl (C=O) groups excluding carboxylic acids is 2. The van der Waals surface area contributed by atoms with Crippen molar-refractivity contribution < 1.29 is 19.1 Å². The molecule has 24 heavy (non-hydrogen) atoms. The molecule has 0 aliphatic carbocycles. The second kappa shape index (κ2) is 7.17. The third kappa shape index (κ3) is 3.56. The van der Waals surface area contributed by atoms with Gasteiger partial charge in [-0.1, -0.05) is 67.6 Å². The molecule has 1 saturated heterocycles. The van der Waals surface area contributed by atoms with Gasteiger partial charge in [0.2, 0.25) is 0 Å². The van der Waals surface area contributed by atoms with Gasteiger partial charge in [0.25, 0.3) is 0 Å². The third-order valence-electron chi connectivity index (χ3n) is 4.11. The summed E-state index contributed by atoms with van der Waals surface area (Å²) in [7, 11) is 0. The first-order chi connectivity index (χ1) is 11.6. The minimum atomic E-state index is -0.710.